The van der Waals surface area contributed by atoms with Gasteiger partial charge < -0.3 is 10.5 Å². The van der Waals surface area contributed by atoms with Gasteiger partial charge in [-0.1, -0.05) is 6.42 Å². The lowest BCUT2D eigenvalue weighted by Crippen LogP contribution is -2.45. The maximum absolute atomic E-state index is 11.4. The van der Waals surface area contributed by atoms with Gasteiger partial charge >= 0.3 is 5.97 Å². The van der Waals surface area contributed by atoms with Crippen LogP contribution in [0.2, 0.25) is 0 Å². The van der Waals surface area contributed by atoms with Gasteiger partial charge in [0.2, 0.25) is 0 Å². The topological polar surface area (TPSA) is 55.6 Å². The third-order valence-corrected chi connectivity index (χ3v) is 2.74. The number of nitrogens with zero attached hydrogens (tertiary/aromatic N) is 1. The number of carbonyl (C=O) groups is 1. The molecule has 2 N–H and O–H groups in total. The molecular formula is C10H20N2O2. The van der Waals surface area contributed by atoms with Crippen LogP contribution in [0.25, 0.3) is 0 Å². The zero-order valence-corrected chi connectivity index (χ0v) is 8.87. The van der Waals surface area contributed by atoms with E-state index >= 15 is 0 Å². The second kappa shape index (κ2) is 5.98. The molecule has 1 unspecified atom stereocenters. The summed E-state index contributed by atoms with van der Waals surface area (Å²) in [6, 6.07) is -0.0275. The van der Waals surface area contributed by atoms with Crippen LogP contribution >= 0.6 is 0 Å². The summed E-state index contributed by atoms with van der Waals surface area (Å²) >= 11 is 0. The Morgan fingerprint density at radius 3 is 3.00 bits per heavy atom. The Morgan fingerprint density at radius 1 is 1.57 bits per heavy atom. The molecule has 82 valence electrons. The lowest BCUT2D eigenvalue weighted by atomic mass is 10.0. The number of likely N-dealkylation sites (tertiary alicyclic amines) is 1. The van der Waals surface area contributed by atoms with Crippen LogP contribution in [0.15, 0.2) is 0 Å². The predicted molar refractivity (Wildman–Crippen MR) is 54.9 cm³/mol. The molecule has 0 aromatic rings. The largest absolute Gasteiger partial charge is 0.468 e. The first-order valence-electron chi connectivity index (χ1n) is 5.31. The number of esters is 1. The molecule has 1 aliphatic heterocycles. The molecule has 0 saturated carbocycles. The van der Waals surface area contributed by atoms with Crippen LogP contribution in [0.3, 0.4) is 0 Å². The van der Waals surface area contributed by atoms with Gasteiger partial charge in [0.05, 0.1) is 7.11 Å². The van der Waals surface area contributed by atoms with Gasteiger partial charge in [-0.3, -0.25) is 9.69 Å². The molecule has 0 aliphatic carbocycles. The lowest BCUT2D eigenvalue weighted by Gasteiger charge is -2.33. The summed E-state index contributed by atoms with van der Waals surface area (Å²) in [6.45, 7) is 2.60. The molecular weight excluding hydrogens is 180 g/mol. The molecule has 0 aromatic heterocycles. The molecule has 0 aromatic carbocycles. The summed E-state index contributed by atoms with van der Waals surface area (Å²) < 4.78 is 4.79. The second-order valence-corrected chi connectivity index (χ2v) is 3.71. The van der Waals surface area contributed by atoms with Crippen LogP contribution in [0.4, 0.5) is 0 Å². The van der Waals surface area contributed by atoms with Gasteiger partial charge in [0.25, 0.3) is 0 Å². The number of rotatable bonds is 4. The van der Waals surface area contributed by atoms with Gasteiger partial charge in [0.1, 0.15) is 6.04 Å². The van der Waals surface area contributed by atoms with Crippen LogP contribution in [0.5, 0.6) is 0 Å². The molecule has 0 bridgehead atoms. The minimum absolute atomic E-state index is 0.0275. The smallest absolute Gasteiger partial charge is 0.323 e. The average Bonchev–Trinajstić information content (AvgIpc) is 2.25. The minimum atomic E-state index is -0.0956. The van der Waals surface area contributed by atoms with Crippen molar-refractivity contribution in [3.63, 3.8) is 0 Å². The number of piperidine rings is 1. The van der Waals surface area contributed by atoms with Gasteiger partial charge in [0.15, 0.2) is 0 Å². The normalized spacial score (nSPS) is 23.4. The molecule has 0 radical (unpaired) electrons. The van der Waals surface area contributed by atoms with E-state index < -0.39 is 0 Å². The van der Waals surface area contributed by atoms with E-state index in [-0.39, 0.29) is 12.0 Å². The Hall–Kier alpha value is -0.610. The van der Waals surface area contributed by atoms with Crippen molar-refractivity contribution in [3.05, 3.63) is 0 Å². The van der Waals surface area contributed by atoms with E-state index in [2.05, 4.69) is 4.90 Å². The maximum atomic E-state index is 11.4. The van der Waals surface area contributed by atoms with Crippen molar-refractivity contribution in [1.82, 2.24) is 4.90 Å². The highest BCUT2D eigenvalue weighted by Gasteiger charge is 2.28. The minimum Gasteiger partial charge on any atom is -0.468 e. The number of hydrogen-bond donors (Lipinski definition) is 1. The average molecular weight is 200 g/mol. The third-order valence-electron chi connectivity index (χ3n) is 2.74. The molecule has 1 rings (SSSR count). The van der Waals surface area contributed by atoms with E-state index in [0.29, 0.717) is 6.54 Å². The fourth-order valence-corrected chi connectivity index (χ4v) is 1.96. The molecule has 4 heteroatoms. The Labute approximate surface area is 85.4 Å². The fourth-order valence-electron chi connectivity index (χ4n) is 1.96. The summed E-state index contributed by atoms with van der Waals surface area (Å²) in [6.07, 6.45) is 4.18. The first-order chi connectivity index (χ1) is 6.79. The Balaban J connectivity index is 2.45. The van der Waals surface area contributed by atoms with Crippen molar-refractivity contribution in [3.8, 4) is 0 Å². The van der Waals surface area contributed by atoms with Gasteiger partial charge in [0, 0.05) is 6.54 Å². The van der Waals surface area contributed by atoms with E-state index in [0.717, 1.165) is 32.4 Å². The number of nitrogens with two attached hydrogens (primary N) is 1. The third kappa shape index (κ3) is 2.96. The first kappa shape index (κ1) is 11.5. The quantitative estimate of drug-likeness (QED) is 0.666. The van der Waals surface area contributed by atoms with E-state index in [4.69, 9.17) is 10.5 Å². The summed E-state index contributed by atoms with van der Waals surface area (Å²) in [5.41, 5.74) is 5.46. The number of carbonyl (C=O) groups excluding carboxylic acids is 1. The number of methoxy groups -OCH3 is 1. The fraction of sp³-hybridized carbons (Fsp3) is 0.900. The summed E-state index contributed by atoms with van der Waals surface area (Å²) in [5, 5.41) is 0. The summed E-state index contributed by atoms with van der Waals surface area (Å²) in [4.78, 5) is 13.6. The molecule has 14 heavy (non-hydrogen) atoms. The number of hydrogen-bond acceptors (Lipinski definition) is 4. The Bertz CT molecular complexity index is 185. The Kier molecular flexibility index (Phi) is 4.90. The van der Waals surface area contributed by atoms with Gasteiger partial charge in [-0.2, -0.15) is 0 Å². The molecule has 4 nitrogen and oxygen atoms in total. The summed E-state index contributed by atoms with van der Waals surface area (Å²) in [7, 11) is 1.46. The van der Waals surface area contributed by atoms with Crippen LogP contribution in [0.1, 0.15) is 25.7 Å². The van der Waals surface area contributed by atoms with E-state index in [1.807, 2.05) is 0 Å². The van der Waals surface area contributed by atoms with Gasteiger partial charge in [-0.05, 0) is 32.4 Å². The zero-order valence-electron chi connectivity index (χ0n) is 8.87. The zero-order chi connectivity index (χ0) is 10.4. The highest BCUT2D eigenvalue weighted by atomic mass is 16.5. The van der Waals surface area contributed by atoms with Crippen LogP contribution < -0.4 is 5.73 Å². The monoisotopic (exact) mass is 200 g/mol. The van der Waals surface area contributed by atoms with Crippen molar-refractivity contribution in [2.24, 2.45) is 5.73 Å². The number of ether oxygens (including phenoxy) is 1. The van der Waals surface area contributed by atoms with E-state index in [9.17, 15) is 4.79 Å². The molecule has 1 heterocycles. The van der Waals surface area contributed by atoms with Crippen LogP contribution in [0, 0.1) is 0 Å². The SMILES string of the molecule is COC(=O)C1CCCCN1CCCN. The molecule has 0 amide bonds. The molecule has 1 aliphatic rings. The van der Waals surface area contributed by atoms with E-state index in [1.165, 1.54) is 13.5 Å². The van der Waals surface area contributed by atoms with Crippen LogP contribution in [-0.4, -0.2) is 43.7 Å². The maximum Gasteiger partial charge on any atom is 0.323 e. The van der Waals surface area contributed by atoms with Crippen molar-refractivity contribution in [1.29, 1.82) is 0 Å². The van der Waals surface area contributed by atoms with Gasteiger partial charge in [-0.15, -0.1) is 0 Å². The standard InChI is InChI=1S/C10H20N2O2/c1-14-10(13)9-5-2-3-7-12(9)8-4-6-11/h9H,2-8,11H2,1H3. The predicted octanol–water partition coefficient (Wildman–Crippen LogP) is 0.363. The highest BCUT2D eigenvalue weighted by Crippen LogP contribution is 2.17. The molecule has 1 atom stereocenters. The molecule has 1 saturated heterocycles. The van der Waals surface area contributed by atoms with E-state index in [1.54, 1.807) is 0 Å². The van der Waals surface area contributed by atoms with Crippen LogP contribution in [-0.2, 0) is 9.53 Å². The first-order valence-corrected chi connectivity index (χ1v) is 5.31. The molecule has 0 spiro atoms. The second-order valence-electron chi connectivity index (χ2n) is 3.71. The van der Waals surface area contributed by atoms with Crippen molar-refractivity contribution < 1.29 is 9.53 Å². The van der Waals surface area contributed by atoms with Crippen molar-refractivity contribution in [2.45, 2.75) is 31.7 Å². The molecule has 1 fully saturated rings. The Morgan fingerprint density at radius 2 is 2.36 bits per heavy atom. The van der Waals surface area contributed by atoms with Crippen molar-refractivity contribution >= 4 is 5.97 Å². The highest BCUT2D eigenvalue weighted by molar-refractivity contribution is 5.75. The van der Waals surface area contributed by atoms with Crippen molar-refractivity contribution in [2.75, 3.05) is 26.7 Å². The summed E-state index contributed by atoms with van der Waals surface area (Å²) in [5.74, 6) is -0.0956. The lowest BCUT2D eigenvalue weighted by molar-refractivity contribution is -0.148. The van der Waals surface area contributed by atoms with Gasteiger partial charge in [-0.25, -0.2) is 0 Å².